The van der Waals surface area contributed by atoms with Crippen LogP contribution in [0.1, 0.15) is 0 Å². The maximum Gasteiger partial charge on any atom is 0 e. The van der Waals surface area contributed by atoms with Gasteiger partial charge in [-0.15, -0.1) is 0 Å². The molecule has 0 aromatic heterocycles. The van der Waals surface area contributed by atoms with Crippen molar-refractivity contribution in [3.63, 3.8) is 0 Å². The Labute approximate surface area is 45.1 Å². The van der Waals surface area contributed by atoms with E-state index in [0.29, 0.717) is 0 Å². The predicted octanol–water partition coefficient (Wildman–Crippen LogP) is 2.02. The van der Waals surface area contributed by atoms with Crippen molar-refractivity contribution in [2.24, 2.45) is 0 Å². The zero-order valence-electron chi connectivity index (χ0n) is 4.39. The third-order valence-electron chi connectivity index (χ3n) is 0.357. The molecule has 0 nitrogen and oxygen atoms in total. The maximum atomic E-state index is 2.92. The molecular weight excluding hydrogens is 646 g/mol. The molecule has 0 aromatic carbocycles. The van der Waals surface area contributed by atoms with Crippen LogP contribution in [0.2, 0.25) is 0 Å². The second-order valence-electron chi connectivity index (χ2n) is 0.736. The molecule has 4 heteroatoms. The molecule has 36 valence electrons. The van der Waals surface area contributed by atoms with Gasteiger partial charge in [-0.1, -0.05) is 0 Å². The monoisotopic (exact) mass is 648 g/mol. The molecule has 1 rings (SSSR count). The quantitative estimate of drug-likeness (QED) is 0.292. The first-order chi connectivity index (χ1) is 3.00. The van der Waals surface area contributed by atoms with Crippen LogP contribution in [0.25, 0.3) is 0 Å². The Hall–Kier alpha value is -1.82. The van der Waals surface area contributed by atoms with Crippen molar-refractivity contribution in [2.75, 3.05) is 0 Å². The van der Waals surface area contributed by atoms with Crippen LogP contribution in [0.3, 0.4) is 0 Å². The van der Waals surface area contributed by atoms with E-state index in [1.807, 2.05) is 12.2 Å². The second-order valence-corrected chi connectivity index (χ2v) is 2.54. The first-order valence-electron chi connectivity index (χ1n) is 1.49. The SMILES string of the molecule is [C-]1=CC=[C-]SS1.[Rf].[Rf]. The van der Waals surface area contributed by atoms with Crippen molar-refractivity contribution in [2.45, 2.75) is 0 Å². The minimum Gasteiger partial charge on any atom is -0.379 e. The van der Waals surface area contributed by atoms with Gasteiger partial charge in [-0.05, 0) is 0 Å². The Morgan fingerprint density at radius 1 is 0.875 bits per heavy atom. The standard InChI is InChI=1S/C4H2S2.2Rf/c1-2-4-6-5-3-1;;/h1-2H;;/q-2;;. The fourth-order valence-electron chi connectivity index (χ4n) is 0.172. The molecule has 1 aliphatic rings. The summed E-state index contributed by atoms with van der Waals surface area (Å²) >= 11 is 0. The van der Waals surface area contributed by atoms with E-state index in [9.17, 15) is 0 Å². The summed E-state index contributed by atoms with van der Waals surface area (Å²) in [5, 5.41) is 5.84. The van der Waals surface area contributed by atoms with Gasteiger partial charge >= 0.3 is 0 Å². The Kier molecular flexibility index (Phi) is 6.15. The van der Waals surface area contributed by atoms with Crippen LogP contribution in [0.15, 0.2) is 12.2 Å². The number of rotatable bonds is 0. The third kappa shape index (κ3) is 2.42. The smallest absolute Gasteiger partial charge is 0 e. The normalized spacial score (nSPS) is 14.0. The molecule has 8 heavy (non-hydrogen) atoms. The van der Waals surface area contributed by atoms with Gasteiger partial charge in [0.25, 0.3) is 0 Å². The average Bonchev–Trinajstić information content (AvgIpc) is 1.72. The van der Waals surface area contributed by atoms with Crippen molar-refractivity contribution >= 4 is 21.6 Å². The summed E-state index contributed by atoms with van der Waals surface area (Å²) in [6, 6.07) is 0. The fourth-order valence-corrected chi connectivity index (χ4v) is 1.14. The number of hydrogen-bond acceptors (Lipinski definition) is 2. The summed E-state index contributed by atoms with van der Waals surface area (Å²) in [6.45, 7) is 0. The van der Waals surface area contributed by atoms with Crippen LogP contribution >= 0.6 is 21.6 Å². The van der Waals surface area contributed by atoms with Gasteiger partial charge in [0.1, 0.15) is 0 Å². The molecule has 1 heterocycles. The topological polar surface area (TPSA) is 0 Å². The molecule has 0 N–H and O–H groups in total. The first-order valence-corrected chi connectivity index (χ1v) is 3.64. The number of allylic oxidation sites excluding steroid dienone is 2. The molecule has 0 fully saturated rings. The molecule has 0 unspecified atom stereocenters. The van der Waals surface area contributed by atoms with Gasteiger partial charge in [0.2, 0.25) is 0 Å². The Morgan fingerprint density at radius 2 is 1.25 bits per heavy atom. The van der Waals surface area contributed by atoms with Crippen LogP contribution in [0, 0.1) is 10.8 Å². The fraction of sp³-hybridized carbons (Fsp3) is 0. The summed E-state index contributed by atoms with van der Waals surface area (Å²) in [6.07, 6.45) is 3.70. The van der Waals surface area contributed by atoms with E-state index in [2.05, 4.69) is 10.8 Å². The van der Waals surface area contributed by atoms with E-state index >= 15 is 0 Å². The van der Waals surface area contributed by atoms with Crippen molar-refractivity contribution in [3.8, 4) is 0 Å². The van der Waals surface area contributed by atoms with Gasteiger partial charge in [-0.3, -0.25) is 0 Å². The first kappa shape index (κ1) is 9.49. The molecule has 0 saturated heterocycles. The predicted molar refractivity (Wildman–Crippen MR) is 30.8 cm³/mol. The second kappa shape index (κ2) is 5.18. The van der Waals surface area contributed by atoms with E-state index in [0.717, 1.165) is 0 Å². The number of hydrogen-bond donors (Lipinski definition) is 0. The summed E-state index contributed by atoms with van der Waals surface area (Å²) in [4.78, 5) is 0. The summed E-state index contributed by atoms with van der Waals surface area (Å²) < 4.78 is 0. The summed E-state index contributed by atoms with van der Waals surface area (Å²) in [5.74, 6) is 0. The van der Waals surface area contributed by atoms with Crippen LogP contribution in [-0.2, 0) is 0 Å². The molecule has 1 aliphatic heterocycles. The van der Waals surface area contributed by atoms with E-state index < -0.39 is 0 Å². The molecule has 0 spiro atoms. The van der Waals surface area contributed by atoms with Crippen LogP contribution in [-0.4, -0.2) is 0 Å². The molecule has 0 amide bonds. The van der Waals surface area contributed by atoms with E-state index in [-0.39, 0.29) is 0 Å². The zero-order valence-corrected chi connectivity index (χ0v) is 18.8. The molecule has 0 aromatic rings. The Bertz CT molecular complexity index is 78.0. The van der Waals surface area contributed by atoms with Crippen molar-refractivity contribution in [3.05, 3.63) is 23.0 Å². The summed E-state index contributed by atoms with van der Waals surface area (Å²) in [7, 11) is 3.13. The van der Waals surface area contributed by atoms with E-state index in [1.165, 1.54) is 0 Å². The molecule has 0 saturated carbocycles. The largest absolute Gasteiger partial charge is 0.379 e. The molecule has 0 bridgehead atoms. The van der Waals surface area contributed by atoms with Crippen LogP contribution in [0.4, 0.5) is 0 Å². The van der Waals surface area contributed by atoms with Gasteiger partial charge in [0, 0.05) is 0 Å². The Balaban J connectivity index is 0. The van der Waals surface area contributed by atoms with Crippen molar-refractivity contribution in [1.29, 1.82) is 0 Å². The van der Waals surface area contributed by atoms with Gasteiger partial charge < -0.3 is 23.0 Å². The molecule has 0 atom stereocenters. The van der Waals surface area contributed by atoms with Gasteiger partial charge in [-0.25, -0.2) is 21.6 Å². The van der Waals surface area contributed by atoms with Crippen LogP contribution in [0.5, 0.6) is 0 Å². The minimum absolute atomic E-state index is 0. The third-order valence-corrected chi connectivity index (χ3v) is 1.73. The van der Waals surface area contributed by atoms with Gasteiger partial charge in [0.15, 0.2) is 0 Å². The molecule has 0 radical (unpaired) electrons. The zero-order chi connectivity index (χ0) is 4.24. The average molecular weight is 648 g/mol. The van der Waals surface area contributed by atoms with Crippen molar-refractivity contribution < 1.29 is 0 Å². The van der Waals surface area contributed by atoms with E-state index in [1.54, 1.807) is 21.6 Å². The van der Waals surface area contributed by atoms with Crippen LogP contribution < -0.4 is 0 Å². The van der Waals surface area contributed by atoms with E-state index in [4.69, 9.17) is 0 Å². The minimum atomic E-state index is 0. The molecular formula is C4H2Rf2S2-2. The maximum absolute atomic E-state index is 2.92. The molecule has 0 aliphatic carbocycles. The van der Waals surface area contributed by atoms with Gasteiger partial charge in [-0.2, -0.15) is 0 Å². The van der Waals surface area contributed by atoms with Crippen molar-refractivity contribution in [1.82, 2.24) is 0 Å². The van der Waals surface area contributed by atoms with Gasteiger partial charge in [0.05, 0.1) is 0 Å². The Morgan fingerprint density at radius 3 is 1.38 bits per heavy atom. The summed E-state index contributed by atoms with van der Waals surface area (Å²) in [5.41, 5.74) is 0.